The van der Waals surface area contributed by atoms with Gasteiger partial charge in [-0.25, -0.2) is 8.42 Å². The van der Waals surface area contributed by atoms with Crippen LogP contribution in [0.4, 0.5) is 5.69 Å². The summed E-state index contributed by atoms with van der Waals surface area (Å²) in [7, 11) is -3.49. The first-order valence-electron chi connectivity index (χ1n) is 7.29. The van der Waals surface area contributed by atoms with E-state index < -0.39 is 10.0 Å². The number of benzene rings is 1. The normalized spacial score (nSPS) is 20.6. The standard InChI is InChI=1S/C15H21N3O2S/c1-10(2)14-4-3-7-18(14)21(19,20)15-9-17-13-6-5-11(16)8-12(13)15/h5-6,8-10,14,17H,3-4,7,16H2,1-2H3. The Bertz CT molecular complexity index is 764. The summed E-state index contributed by atoms with van der Waals surface area (Å²) in [5.74, 6) is 0.317. The molecule has 1 fully saturated rings. The molecule has 114 valence electrons. The first kappa shape index (κ1) is 14.4. The predicted octanol–water partition coefficient (Wildman–Crippen LogP) is 2.56. The van der Waals surface area contributed by atoms with Crippen LogP contribution in [-0.2, 0) is 10.0 Å². The highest BCUT2D eigenvalue weighted by Gasteiger charge is 2.37. The minimum atomic E-state index is -3.49. The topological polar surface area (TPSA) is 79.2 Å². The second kappa shape index (κ2) is 5.03. The maximum absolute atomic E-state index is 13.0. The van der Waals surface area contributed by atoms with Crippen molar-refractivity contribution in [2.24, 2.45) is 5.92 Å². The number of anilines is 1. The minimum absolute atomic E-state index is 0.0843. The first-order valence-corrected chi connectivity index (χ1v) is 8.73. The number of nitrogens with zero attached hydrogens (tertiary/aromatic N) is 1. The number of sulfonamides is 1. The molecule has 3 rings (SSSR count). The number of nitrogens with two attached hydrogens (primary N) is 1. The highest BCUT2D eigenvalue weighted by atomic mass is 32.2. The molecule has 0 radical (unpaired) electrons. The molecule has 1 atom stereocenters. The van der Waals surface area contributed by atoms with Gasteiger partial charge in [0.05, 0.1) is 0 Å². The second-order valence-electron chi connectivity index (χ2n) is 6.03. The van der Waals surface area contributed by atoms with Crippen molar-refractivity contribution < 1.29 is 8.42 Å². The third-order valence-electron chi connectivity index (χ3n) is 4.27. The zero-order valence-corrected chi connectivity index (χ0v) is 13.2. The highest BCUT2D eigenvalue weighted by molar-refractivity contribution is 7.89. The summed E-state index contributed by atoms with van der Waals surface area (Å²) in [6.07, 6.45) is 3.43. The number of fused-ring (bicyclic) bond motifs is 1. The van der Waals surface area contributed by atoms with Crippen molar-refractivity contribution >= 4 is 26.6 Å². The number of hydrogen-bond acceptors (Lipinski definition) is 3. The summed E-state index contributed by atoms with van der Waals surface area (Å²) >= 11 is 0. The van der Waals surface area contributed by atoms with E-state index in [1.165, 1.54) is 0 Å². The summed E-state index contributed by atoms with van der Waals surface area (Å²) in [4.78, 5) is 3.36. The van der Waals surface area contributed by atoms with Gasteiger partial charge in [0.15, 0.2) is 0 Å². The van der Waals surface area contributed by atoms with E-state index in [2.05, 4.69) is 18.8 Å². The Morgan fingerprint density at radius 2 is 2.14 bits per heavy atom. The van der Waals surface area contributed by atoms with Crippen LogP contribution in [0.25, 0.3) is 10.9 Å². The third-order valence-corrected chi connectivity index (χ3v) is 6.24. The number of aromatic nitrogens is 1. The fourth-order valence-corrected chi connectivity index (χ4v) is 5.16. The van der Waals surface area contributed by atoms with Crippen LogP contribution in [0, 0.1) is 5.92 Å². The third kappa shape index (κ3) is 2.32. The number of hydrogen-bond donors (Lipinski definition) is 2. The van der Waals surface area contributed by atoms with Gasteiger partial charge in [-0.2, -0.15) is 4.31 Å². The molecule has 5 nitrogen and oxygen atoms in total. The van der Waals surface area contributed by atoms with Crippen LogP contribution in [0.15, 0.2) is 29.3 Å². The molecule has 6 heteroatoms. The van der Waals surface area contributed by atoms with Crippen molar-refractivity contribution in [3.63, 3.8) is 0 Å². The number of H-pyrrole nitrogens is 1. The molecule has 3 N–H and O–H groups in total. The Balaban J connectivity index is 2.10. The van der Waals surface area contributed by atoms with E-state index in [0.29, 0.717) is 28.4 Å². The van der Waals surface area contributed by atoms with Gasteiger partial charge in [-0.3, -0.25) is 0 Å². The monoisotopic (exact) mass is 307 g/mol. The van der Waals surface area contributed by atoms with E-state index in [9.17, 15) is 8.42 Å². The zero-order valence-electron chi connectivity index (χ0n) is 12.3. The molecule has 1 aromatic carbocycles. The molecule has 2 aromatic rings. The van der Waals surface area contributed by atoms with Crippen molar-refractivity contribution in [1.82, 2.24) is 9.29 Å². The van der Waals surface area contributed by atoms with Crippen LogP contribution in [-0.4, -0.2) is 30.3 Å². The van der Waals surface area contributed by atoms with Crippen molar-refractivity contribution in [2.45, 2.75) is 37.6 Å². The Morgan fingerprint density at radius 3 is 2.86 bits per heavy atom. The van der Waals surface area contributed by atoms with Gasteiger partial charge in [0.2, 0.25) is 10.0 Å². The molecule has 0 aliphatic carbocycles. The largest absolute Gasteiger partial charge is 0.399 e. The average Bonchev–Trinajstić information content (AvgIpc) is 3.05. The van der Waals surface area contributed by atoms with Crippen LogP contribution in [0.3, 0.4) is 0 Å². The van der Waals surface area contributed by atoms with Crippen LogP contribution in [0.2, 0.25) is 0 Å². The molecule has 0 saturated carbocycles. The quantitative estimate of drug-likeness (QED) is 0.855. The van der Waals surface area contributed by atoms with E-state index in [4.69, 9.17) is 5.73 Å². The van der Waals surface area contributed by atoms with Gasteiger partial charge in [0.1, 0.15) is 4.90 Å². The highest BCUT2D eigenvalue weighted by Crippen LogP contribution is 2.33. The Morgan fingerprint density at radius 1 is 1.38 bits per heavy atom. The van der Waals surface area contributed by atoms with Gasteiger partial charge in [0.25, 0.3) is 0 Å². The molecule has 1 unspecified atom stereocenters. The van der Waals surface area contributed by atoms with Crippen molar-refractivity contribution in [3.05, 3.63) is 24.4 Å². The maximum atomic E-state index is 13.0. The van der Waals surface area contributed by atoms with Crippen molar-refractivity contribution in [2.75, 3.05) is 12.3 Å². The smallest absolute Gasteiger partial charge is 0.245 e. The Kier molecular flexibility index (Phi) is 3.45. The Labute approximate surface area is 125 Å². The predicted molar refractivity (Wildman–Crippen MR) is 84.5 cm³/mol. The number of nitrogen functional groups attached to an aromatic ring is 1. The zero-order chi connectivity index (χ0) is 15.2. The van der Waals surface area contributed by atoms with Gasteiger partial charge >= 0.3 is 0 Å². The molecule has 2 heterocycles. The molecule has 1 aliphatic heterocycles. The SMILES string of the molecule is CC(C)C1CCCN1S(=O)(=O)c1c[nH]c2ccc(N)cc12. The van der Waals surface area contributed by atoms with Crippen LogP contribution in [0.1, 0.15) is 26.7 Å². The van der Waals surface area contributed by atoms with Crippen molar-refractivity contribution in [3.8, 4) is 0 Å². The summed E-state index contributed by atoms with van der Waals surface area (Å²) in [5, 5.41) is 0.671. The number of rotatable bonds is 3. The lowest BCUT2D eigenvalue weighted by Crippen LogP contribution is -2.38. The molecular weight excluding hydrogens is 286 g/mol. The molecule has 21 heavy (non-hydrogen) atoms. The van der Waals surface area contributed by atoms with Crippen LogP contribution in [0.5, 0.6) is 0 Å². The summed E-state index contributed by atoms with van der Waals surface area (Å²) in [5.41, 5.74) is 7.17. The molecule has 1 aliphatic rings. The first-order chi connectivity index (χ1) is 9.91. The summed E-state index contributed by atoms with van der Waals surface area (Å²) in [6.45, 7) is 4.75. The molecule has 1 aromatic heterocycles. The molecular formula is C15H21N3O2S. The number of aromatic amines is 1. The number of nitrogens with one attached hydrogen (secondary N) is 1. The summed E-state index contributed by atoms with van der Waals surface area (Å²) in [6, 6.07) is 5.38. The fourth-order valence-electron chi connectivity index (χ4n) is 3.18. The minimum Gasteiger partial charge on any atom is -0.399 e. The summed E-state index contributed by atoms with van der Waals surface area (Å²) < 4.78 is 27.7. The second-order valence-corrected chi connectivity index (χ2v) is 7.89. The average molecular weight is 307 g/mol. The molecule has 0 amide bonds. The Hall–Kier alpha value is -1.53. The maximum Gasteiger partial charge on any atom is 0.245 e. The lowest BCUT2D eigenvalue weighted by atomic mass is 10.0. The molecule has 0 bridgehead atoms. The van der Waals surface area contributed by atoms with Gasteiger partial charge in [0, 0.05) is 35.4 Å². The van der Waals surface area contributed by atoms with E-state index in [1.54, 1.807) is 22.6 Å². The van der Waals surface area contributed by atoms with E-state index >= 15 is 0 Å². The molecule has 1 saturated heterocycles. The van der Waals surface area contributed by atoms with E-state index in [1.807, 2.05) is 6.07 Å². The van der Waals surface area contributed by atoms with Gasteiger partial charge in [-0.1, -0.05) is 13.8 Å². The van der Waals surface area contributed by atoms with Crippen LogP contribution >= 0.6 is 0 Å². The van der Waals surface area contributed by atoms with Gasteiger partial charge < -0.3 is 10.7 Å². The van der Waals surface area contributed by atoms with E-state index in [0.717, 1.165) is 18.4 Å². The molecule has 0 spiro atoms. The lowest BCUT2D eigenvalue weighted by molar-refractivity contribution is 0.316. The fraction of sp³-hybridized carbons (Fsp3) is 0.467. The van der Waals surface area contributed by atoms with Crippen LogP contribution < -0.4 is 5.73 Å². The lowest BCUT2D eigenvalue weighted by Gasteiger charge is -2.26. The van der Waals surface area contributed by atoms with Crippen molar-refractivity contribution in [1.29, 1.82) is 0 Å². The van der Waals surface area contributed by atoms with E-state index in [-0.39, 0.29) is 6.04 Å². The van der Waals surface area contributed by atoms with Gasteiger partial charge in [-0.15, -0.1) is 0 Å². The van der Waals surface area contributed by atoms with Gasteiger partial charge in [-0.05, 0) is 37.0 Å².